The van der Waals surface area contributed by atoms with Crippen molar-refractivity contribution in [2.75, 3.05) is 11.9 Å². The molecule has 0 aliphatic heterocycles. The molecule has 18 heavy (non-hydrogen) atoms. The number of hydrogen-bond donors (Lipinski definition) is 2. The van der Waals surface area contributed by atoms with E-state index < -0.39 is 18.8 Å². The molecule has 0 spiro atoms. The molecule has 2 heterocycles. The Morgan fingerprint density at radius 1 is 1.22 bits per heavy atom. The Hall–Kier alpha value is -1.96. The topological polar surface area (TPSA) is 70.9 Å². The zero-order valence-electron chi connectivity index (χ0n) is 9.02. The predicted octanol–water partition coefficient (Wildman–Crippen LogP) is 1.36. The minimum absolute atomic E-state index is 0.200. The number of aromatic nitrogens is 3. The minimum atomic E-state index is -4.65. The van der Waals surface area contributed by atoms with E-state index in [4.69, 9.17) is 5.11 Å². The van der Waals surface area contributed by atoms with Crippen LogP contribution in [0.2, 0.25) is 0 Å². The Morgan fingerprint density at radius 2 is 1.94 bits per heavy atom. The van der Waals surface area contributed by atoms with E-state index in [2.05, 4.69) is 20.3 Å². The van der Waals surface area contributed by atoms with E-state index in [1.807, 2.05) is 0 Å². The van der Waals surface area contributed by atoms with Crippen LogP contribution in [0.25, 0.3) is 11.2 Å². The number of aliphatic hydroxyl groups excluding tert-OH is 1. The van der Waals surface area contributed by atoms with Crippen molar-refractivity contribution in [2.45, 2.75) is 12.3 Å². The first kappa shape index (κ1) is 12.5. The Labute approximate surface area is 99.7 Å². The van der Waals surface area contributed by atoms with Gasteiger partial charge in [0.25, 0.3) is 0 Å². The fraction of sp³-hybridized carbons (Fsp3) is 0.300. The molecule has 2 rings (SSSR count). The molecular formula is C10H9F3N4O. The van der Waals surface area contributed by atoms with E-state index in [9.17, 15) is 13.2 Å². The molecule has 2 aromatic rings. The second-order valence-electron chi connectivity index (χ2n) is 3.53. The summed E-state index contributed by atoms with van der Waals surface area (Å²) in [5.74, 6) is 0.200. The summed E-state index contributed by atoms with van der Waals surface area (Å²) in [7, 11) is 0. The molecule has 0 saturated heterocycles. The van der Waals surface area contributed by atoms with Crippen LogP contribution in [0.5, 0.6) is 0 Å². The van der Waals surface area contributed by atoms with Gasteiger partial charge in [0, 0.05) is 12.4 Å². The zero-order chi connectivity index (χ0) is 13.2. The first-order valence-electron chi connectivity index (χ1n) is 5.03. The first-order chi connectivity index (χ1) is 8.47. The van der Waals surface area contributed by atoms with Crippen molar-refractivity contribution in [3.63, 3.8) is 0 Å². The maximum Gasteiger partial charge on any atom is 0.416 e. The Morgan fingerprint density at radius 3 is 2.67 bits per heavy atom. The third-order valence-electron chi connectivity index (χ3n) is 2.19. The summed E-state index contributed by atoms with van der Waals surface area (Å²) in [5, 5.41) is 11.2. The van der Waals surface area contributed by atoms with E-state index in [-0.39, 0.29) is 5.82 Å². The Kier molecular flexibility index (Phi) is 3.28. The van der Waals surface area contributed by atoms with Gasteiger partial charge in [-0.25, -0.2) is 9.97 Å². The summed E-state index contributed by atoms with van der Waals surface area (Å²) in [6.45, 7) is -0.664. The van der Waals surface area contributed by atoms with Crippen LogP contribution < -0.4 is 5.32 Å². The summed E-state index contributed by atoms with van der Waals surface area (Å²) >= 11 is 0. The molecule has 2 aromatic heterocycles. The highest BCUT2D eigenvalue weighted by molar-refractivity contribution is 5.71. The van der Waals surface area contributed by atoms with Crippen LogP contribution >= 0.6 is 0 Å². The van der Waals surface area contributed by atoms with Crippen molar-refractivity contribution in [1.29, 1.82) is 0 Å². The van der Waals surface area contributed by atoms with Crippen LogP contribution in [0.15, 0.2) is 24.5 Å². The number of hydrogen-bond acceptors (Lipinski definition) is 5. The van der Waals surface area contributed by atoms with Crippen molar-refractivity contribution >= 4 is 17.0 Å². The lowest BCUT2D eigenvalue weighted by Gasteiger charge is -2.15. The second-order valence-corrected chi connectivity index (χ2v) is 3.53. The molecule has 0 amide bonds. The lowest BCUT2D eigenvalue weighted by Crippen LogP contribution is -2.35. The fourth-order valence-corrected chi connectivity index (χ4v) is 1.27. The van der Waals surface area contributed by atoms with Gasteiger partial charge in [-0.3, -0.25) is 4.98 Å². The number of alkyl halides is 3. The van der Waals surface area contributed by atoms with Crippen molar-refractivity contribution < 1.29 is 18.3 Å². The van der Waals surface area contributed by atoms with Gasteiger partial charge in [-0.05, 0) is 12.1 Å². The van der Waals surface area contributed by atoms with E-state index in [0.29, 0.717) is 11.2 Å². The molecule has 0 aliphatic rings. The van der Waals surface area contributed by atoms with Gasteiger partial charge in [-0.15, -0.1) is 0 Å². The predicted molar refractivity (Wildman–Crippen MR) is 57.9 cm³/mol. The average molecular weight is 258 g/mol. The van der Waals surface area contributed by atoms with E-state index in [0.717, 1.165) is 0 Å². The van der Waals surface area contributed by atoms with E-state index in [1.165, 1.54) is 18.5 Å². The molecule has 96 valence electrons. The maximum absolute atomic E-state index is 12.1. The van der Waals surface area contributed by atoms with Crippen molar-refractivity contribution in [3.8, 4) is 0 Å². The van der Waals surface area contributed by atoms with Gasteiger partial charge in [-0.2, -0.15) is 13.2 Å². The molecule has 0 aromatic carbocycles. The smallest absolute Gasteiger partial charge is 0.382 e. The number of anilines is 1. The number of pyridine rings is 1. The highest BCUT2D eigenvalue weighted by Crippen LogP contribution is 2.20. The third-order valence-corrected chi connectivity index (χ3v) is 2.19. The molecule has 0 bridgehead atoms. The van der Waals surface area contributed by atoms with Crippen LogP contribution in [0.1, 0.15) is 0 Å². The van der Waals surface area contributed by atoms with Gasteiger partial charge in [0.05, 0.1) is 6.54 Å². The summed E-state index contributed by atoms with van der Waals surface area (Å²) in [5.41, 5.74) is 0.864. The number of rotatable bonds is 3. The lowest BCUT2D eigenvalue weighted by atomic mass is 10.3. The highest BCUT2D eigenvalue weighted by Gasteiger charge is 2.37. The van der Waals surface area contributed by atoms with Crippen LogP contribution in [-0.4, -0.2) is 38.9 Å². The molecule has 0 fully saturated rings. The van der Waals surface area contributed by atoms with E-state index in [1.54, 1.807) is 6.07 Å². The molecular weight excluding hydrogens is 249 g/mol. The van der Waals surface area contributed by atoms with Crippen molar-refractivity contribution in [3.05, 3.63) is 24.5 Å². The van der Waals surface area contributed by atoms with Crippen LogP contribution in [0, 0.1) is 0 Å². The minimum Gasteiger partial charge on any atom is -0.382 e. The molecule has 5 nitrogen and oxygen atoms in total. The summed E-state index contributed by atoms with van der Waals surface area (Å²) in [6.07, 6.45) is -4.16. The number of fused-ring (bicyclic) bond motifs is 1. The van der Waals surface area contributed by atoms with Crippen LogP contribution in [0.3, 0.4) is 0 Å². The van der Waals surface area contributed by atoms with Gasteiger partial charge in [-0.1, -0.05) is 0 Å². The van der Waals surface area contributed by atoms with E-state index >= 15 is 0 Å². The van der Waals surface area contributed by atoms with Gasteiger partial charge < -0.3 is 10.4 Å². The normalized spacial score (nSPS) is 13.6. The summed E-state index contributed by atoms with van der Waals surface area (Å²) in [4.78, 5) is 11.9. The largest absolute Gasteiger partial charge is 0.416 e. The molecule has 2 N–H and O–H groups in total. The van der Waals surface area contributed by atoms with Gasteiger partial charge >= 0.3 is 6.18 Å². The van der Waals surface area contributed by atoms with Gasteiger partial charge in [0.15, 0.2) is 11.8 Å². The molecule has 0 aliphatic carbocycles. The number of nitrogens with zero attached hydrogens (tertiary/aromatic N) is 3. The van der Waals surface area contributed by atoms with Crippen molar-refractivity contribution in [1.82, 2.24) is 15.0 Å². The average Bonchev–Trinajstić information content (AvgIpc) is 2.34. The first-order valence-corrected chi connectivity index (χ1v) is 5.03. The highest BCUT2D eigenvalue weighted by atomic mass is 19.4. The summed E-state index contributed by atoms with van der Waals surface area (Å²) in [6, 6.07) is 3.05. The molecule has 1 atom stereocenters. The fourth-order valence-electron chi connectivity index (χ4n) is 1.27. The standard InChI is InChI=1S/C10H9F3N4O/c11-10(12,13)7(18)5-16-8-2-1-6-9(17-8)15-4-3-14-6/h1-4,7,18H,5H2,(H,15,16,17). The third kappa shape index (κ3) is 2.83. The Balaban J connectivity index is 2.08. The monoisotopic (exact) mass is 258 g/mol. The SMILES string of the molecule is OC(CNc1ccc2nccnc2n1)C(F)(F)F. The molecule has 8 heteroatoms. The molecule has 0 saturated carbocycles. The number of halogens is 3. The lowest BCUT2D eigenvalue weighted by molar-refractivity contribution is -0.198. The molecule has 0 radical (unpaired) electrons. The van der Waals surface area contributed by atoms with Crippen LogP contribution in [-0.2, 0) is 0 Å². The zero-order valence-corrected chi connectivity index (χ0v) is 9.02. The second kappa shape index (κ2) is 4.73. The van der Waals surface area contributed by atoms with Crippen molar-refractivity contribution in [2.24, 2.45) is 0 Å². The summed E-state index contributed by atoms with van der Waals surface area (Å²) < 4.78 is 36.2. The van der Waals surface area contributed by atoms with Gasteiger partial charge in [0.1, 0.15) is 11.3 Å². The number of aliphatic hydroxyl groups is 1. The quantitative estimate of drug-likeness (QED) is 0.869. The Bertz CT molecular complexity index is 546. The van der Waals surface area contributed by atoms with Crippen LogP contribution in [0.4, 0.5) is 19.0 Å². The number of nitrogens with one attached hydrogen (secondary N) is 1. The molecule has 1 unspecified atom stereocenters. The maximum atomic E-state index is 12.1. The van der Waals surface area contributed by atoms with Gasteiger partial charge in [0.2, 0.25) is 0 Å².